The van der Waals surface area contributed by atoms with Crippen LogP contribution in [0.1, 0.15) is 12.5 Å². The van der Waals surface area contributed by atoms with Gasteiger partial charge in [0.2, 0.25) is 11.9 Å². The number of hydrogen-bond donors (Lipinski definition) is 2. The molecule has 3 rings (SSSR count). The molecule has 7 nitrogen and oxygen atoms in total. The van der Waals surface area contributed by atoms with E-state index in [0.717, 1.165) is 5.56 Å². The summed E-state index contributed by atoms with van der Waals surface area (Å²) in [6.07, 6.45) is 1.74. The molecule has 0 radical (unpaired) electrons. The van der Waals surface area contributed by atoms with Gasteiger partial charge >= 0.3 is 5.97 Å². The predicted molar refractivity (Wildman–Crippen MR) is 89.9 cm³/mol. The van der Waals surface area contributed by atoms with E-state index in [1.807, 2.05) is 0 Å². The Bertz CT molecular complexity index is 825. The van der Waals surface area contributed by atoms with Crippen molar-refractivity contribution in [3.63, 3.8) is 0 Å². The fraction of sp³-hybridized carbons (Fsp3) is 0.250. The molecule has 1 aromatic carbocycles. The Morgan fingerprint density at radius 1 is 1.46 bits per heavy atom. The van der Waals surface area contributed by atoms with Crippen LogP contribution < -0.4 is 10.6 Å². The summed E-state index contributed by atoms with van der Waals surface area (Å²) in [5.74, 6) is -0.302. The quantitative estimate of drug-likeness (QED) is 0.828. The van der Waals surface area contributed by atoms with Crippen LogP contribution in [0.3, 0.4) is 0 Å². The van der Waals surface area contributed by atoms with E-state index >= 15 is 0 Å². The molecule has 2 heterocycles. The fourth-order valence-electron chi connectivity index (χ4n) is 2.46. The number of amides is 1. The Labute approximate surface area is 143 Å². The third kappa shape index (κ3) is 3.16. The molecule has 24 heavy (non-hydrogen) atoms. The molecule has 1 aliphatic rings. The molecule has 0 unspecified atom stereocenters. The number of benzene rings is 1. The number of halogens is 1. The van der Waals surface area contributed by atoms with E-state index in [1.165, 1.54) is 7.11 Å². The number of carbonyl (C=O) groups excluding carboxylic acids is 2. The molecule has 0 fully saturated rings. The fourth-order valence-corrected chi connectivity index (χ4v) is 2.63. The Kier molecular flexibility index (Phi) is 4.35. The lowest BCUT2D eigenvalue weighted by atomic mass is 10.1. The van der Waals surface area contributed by atoms with E-state index in [4.69, 9.17) is 11.6 Å². The van der Waals surface area contributed by atoms with Crippen molar-refractivity contribution >= 4 is 35.1 Å². The summed E-state index contributed by atoms with van der Waals surface area (Å²) in [6.45, 7) is 1.65. The number of hydrogen-bond acceptors (Lipinski definition) is 6. The van der Waals surface area contributed by atoms with Gasteiger partial charge in [-0.15, -0.1) is 0 Å². The maximum absolute atomic E-state index is 12.0. The van der Waals surface area contributed by atoms with E-state index in [9.17, 15) is 9.59 Å². The van der Waals surface area contributed by atoms with Crippen LogP contribution in [-0.4, -0.2) is 35.0 Å². The minimum absolute atomic E-state index is 0.161. The van der Waals surface area contributed by atoms with Crippen LogP contribution >= 0.6 is 11.6 Å². The lowest BCUT2D eigenvalue weighted by Gasteiger charge is -2.13. The molecule has 0 spiro atoms. The first kappa shape index (κ1) is 16.2. The number of fused-ring (bicyclic) bond motifs is 3. The maximum atomic E-state index is 12.0. The minimum atomic E-state index is -0.594. The summed E-state index contributed by atoms with van der Waals surface area (Å²) in [5.41, 5.74) is 2.66. The van der Waals surface area contributed by atoms with Crippen LogP contribution in [0.15, 0.2) is 24.4 Å². The van der Waals surface area contributed by atoms with Gasteiger partial charge in [0.05, 0.1) is 24.9 Å². The van der Waals surface area contributed by atoms with Gasteiger partial charge < -0.3 is 15.4 Å². The third-order valence-corrected chi connectivity index (χ3v) is 3.86. The van der Waals surface area contributed by atoms with E-state index in [2.05, 4.69) is 25.3 Å². The molecule has 8 heteroatoms. The predicted octanol–water partition coefficient (Wildman–Crippen LogP) is 2.26. The normalized spacial score (nSPS) is 13.9. The van der Waals surface area contributed by atoms with Gasteiger partial charge in [-0.25, -0.2) is 14.8 Å². The zero-order chi connectivity index (χ0) is 17.3. The van der Waals surface area contributed by atoms with E-state index in [0.29, 0.717) is 22.0 Å². The van der Waals surface area contributed by atoms with Crippen LogP contribution in [-0.2, 0) is 20.7 Å². The number of methoxy groups -OCH3 is 1. The Balaban J connectivity index is 2.03. The van der Waals surface area contributed by atoms with Gasteiger partial charge in [0.15, 0.2) is 0 Å². The summed E-state index contributed by atoms with van der Waals surface area (Å²) < 4.78 is 4.67. The number of nitrogens with zero attached hydrogens (tertiary/aromatic N) is 2. The van der Waals surface area contributed by atoms with E-state index < -0.39 is 12.0 Å². The first-order chi connectivity index (χ1) is 11.5. The molecule has 0 saturated heterocycles. The van der Waals surface area contributed by atoms with Crippen molar-refractivity contribution in [3.05, 3.63) is 35.0 Å². The first-order valence-electron chi connectivity index (χ1n) is 7.28. The summed E-state index contributed by atoms with van der Waals surface area (Å²) in [6, 6.07) is 4.61. The topological polar surface area (TPSA) is 93.2 Å². The van der Waals surface area contributed by atoms with Crippen LogP contribution in [0.25, 0.3) is 11.3 Å². The van der Waals surface area contributed by atoms with E-state index in [1.54, 1.807) is 31.3 Å². The molecule has 1 amide bonds. The van der Waals surface area contributed by atoms with Crippen LogP contribution in [0, 0.1) is 0 Å². The number of nitrogens with one attached hydrogen (secondary N) is 2. The summed E-state index contributed by atoms with van der Waals surface area (Å²) in [7, 11) is 1.32. The number of esters is 1. The standard InChI is InChI=1S/C16H15ClN4O3/c1-8(15(23)24-2)19-16-18-7-9-5-13(22)20-12-6-10(17)3-4-11(12)14(9)21-16/h3-4,6-8H,5H2,1-2H3,(H,20,22)(H,18,19,21)/t8-/m1/s1. The van der Waals surface area contributed by atoms with Crippen molar-refractivity contribution in [2.75, 3.05) is 17.7 Å². The molecule has 124 valence electrons. The van der Waals surface area contributed by atoms with Crippen LogP contribution in [0.2, 0.25) is 5.02 Å². The highest BCUT2D eigenvalue weighted by Gasteiger charge is 2.22. The molecule has 0 bridgehead atoms. The molecule has 1 atom stereocenters. The Morgan fingerprint density at radius 2 is 2.25 bits per heavy atom. The number of carbonyl (C=O) groups is 2. The van der Waals surface area contributed by atoms with E-state index in [-0.39, 0.29) is 18.3 Å². The lowest BCUT2D eigenvalue weighted by Crippen LogP contribution is -2.28. The summed E-state index contributed by atoms with van der Waals surface area (Å²) in [4.78, 5) is 32.2. The summed E-state index contributed by atoms with van der Waals surface area (Å²) >= 11 is 6.01. The lowest BCUT2D eigenvalue weighted by molar-refractivity contribution is -0.141. The number of aromatic nitrogens is 2. The number of anilines is 2. The Hall–Kier alpha value is -2.67. The highest BCUT2D eigenvalue weighted by Crippen LogP contribution is 2.34. The van der Waals surface area contributed by atoms with Crippen LogP contribution in [0.4, 0.5) is 11.6 Å². The maximum Gasteiger partial charge on any atom is 0.328 e. The largest absolute Gasteiger partial charge is 0.467 e. The number of ether oxygens (including phenoxy) is 1. The third-order valence-electron chi connectivity index (χ3n) is 3.63. The van der Waals surface area contributed by atoms with Crippen molar-refractivity contribution < 1.29 is 14.3 Å². The molecule has 2 N–H and O–H groups in total. The van der Waals surface area contributed by atoms with Gasteiger partial charge in [0.25, 0.3) is 0 Å². The average molecular weight is 347 g/mol. The van der Waals surface area contributed by atoms with Gasteiger partial charge in [-0.05, 0) is 25.1 Å². The zero-order valence-corrected chi connectivity index (χ0v) is 13.8. The molecule has 0 saturated carbocycles. The Morgan fingerprint density at radius 3 is 3.00 bits per heavy atom. The van der Waals surface area contributed by atoms with Crippen molar-refractivity contribution in [1.29, 1.82) is 0 Å². The monoisotopic (exact) mass is 346 g/mol. The second kappa shape index (κ2) is 6.45. The molecule has 1 aliphatic heterocycles. The van der Waals surface area contributed by atoms with Gasteiger partial charge in [-0.3, -0.25) is 4.79 Å². The van der Waals surface area contributed by atoms with Crippen molar-refractivity contribution in [3.8, 4) is 11.3 Å². The van der Waals surface area contributed by atoms with Gasteiger partial charge in [0.1, 0.15) is 6.04 Å². The van der Waals surface area contributed by atoms with Gasteiger partial charge in [-0.1, -0.05) is 11.6 Å². The second-order valence-corrected chi connectivity index (χ2v) is 5.81. The molecular weight excluding hydrogens is 332 g/mol. The zero-order valence-electron chi connectivity index (χ0n) is 13.1. The average Bonchev–Trinajstić information content (AvgIpc) is 2.68. The van der Waals surface area contributed by atoms with Crippen molar-refractivity contribution in [1.82, 2.24) is 9.97 Å². The highest BCUT2D eigenvalue weighted by molar-refractivity contribution is 6.31. The highest BCUT2D eigenvalue weighted by atomic mass is 35.5. The molecule has 2 aromatic rings. The number of rotatable bonds is 3. The first-order valence-corrected chi connectivity index (χ1v) is 7.66. The second-order valence-electron chi connectivity index (χ2n) is 5.37. The van der Waals surface area contributed by atoms with Gasteiger partial charge in [0, 0.05) is 22.3 Å². The van der Waals surface area contributed by atoms with Crippen molar-refractivity contribution in [2.45, 2.75) is 19.4 Å². The van der Waals surface area contributed by atoms with Gasteiger partial charge in [-0.2, -0.15) is 0 Å². The summed E-state index contributed by atoms with van der Waals surface area (Å²) in [5, 5.41) is 6.22. The van der Waals surface area contributed by atoms with Crippen molar-refractivity contribution in [2.24, 2.45) is 0 Å². The van der Waals surface area contributed by atoms with Crippen LogP contribution in [0.5, 0.6) is 0 Å². The molecule has 1 aromatic heterocycles. The SMILES string of the molecule is COC(=O)[C@@H](C)Nc1ncc2c(n1)-c1ccc(Cl)cc1NC(=O)C2. The molecular formula is C16H15ClN4O3. The smallest absolute Gasteiger partial charge is 0.328 e. The minimum Gasteiger partial charge on any atom is -0.467 e. The molecule has 0 aliphatic carbocycles.